The van der Waals surface area contributed by atoms with Gasteiger partial charge >= 0.3 is 89.6 Å². The van der Waals surface area contributed by atoms with E-state index in [1.165, 1.54) is 51.4 Å². The van der Waals surface area contributed by atoms with E-state index >= 15 is 0 Å². The molecule has 0 amide bonds. The van der Waals surface area contributed by atoms with E-state index in [2.05, 4.69) is 0 Å². The third-order valence-electron chi connectivity index (χ3n) is 3.37. The summed E-state index contributed by atoms with van der Waals surface area (Å²) in [6.07, 6.45) is 12.8. The molecule has 14 heavy (non-hydrogen) atoms. The molecule has 1 aliphatic carbocycles. The number of hydrogen-bond donors (Lipinski definition) is 1. The third-order valence-corrected chi connectivity index (χ3v) is 3.37. The number of nitrogens with two attached hydrogens (primary N) is 1. The van der Waals surface area contributed by atoms with E-state index in [0.717, 1.165) is 12.8 Å². The minimum atomic E-state index is -0.176. The summed E-state index contributed by atoms with van der Waals surface area (Å²) < 4.78 is 0. The molecule has 77 valence electrons. The Balaban J connectivity index is 2.39. The van der Waals surface area contributed by atoms with Crippen LogP contribution in [-0.4, -0.2) is 19.6 Å². The molecule has 1 radical (unpaired) electrons. The van der Waals surface area contributed by atoms with Crippen molar-refractivity contribution in [2.75, 3.05) is 0 Å². The van der Waals surface area contributed by atoms with Crippen molar-refractivity contribution < 1.29 is 0 Å². The van der Waals surface area contributed by atoms with Gasteiger partial charge in [0.25, 0.3) is 0 Å². The van der Waals surface area contributed by atoms with Gasteiger partial charge in [0.05, 0.1) is 0 Å². The quantitative estimate of drug-likeness (QED) is 0.630. The van der Waals surface area contributed by atoms with Crippen LogP contribution in [0.4, 0.5) is 0 Å². The Morgan fingerprint density at radius 1 is 0.786 bits per heavy atom. The van der Waals surface area contributed by atoms with Crippen LogP contribution < -0.4 is 5.73 Å². The second-order valence-electron chi connectivity index (χ2n) is 4.73. The molecular formula is C11H22B2N. The molecule has 1 nitrogen and oxygen atoms in total. The zero-order valence-corrected chi connectivity index (χ0v) is 9.30. The van der Waals surface area contributed by atoms with Gasteiger partial charge < -0.3 is 0 Å². The van der Waals surface area contributed by atoms with Crippen molar-refractivity contribution >= 4 is 14.2 Å². The van der Waals surface area contributed by atoms with E-state index in [4.69, 9.17) is 13.1 Å². The Labute approximate surface area is 90.1 Å². The monoisotopic (exact) mass is 190 g/mol. The molecule has 1 rings (SSSR count). The Morgan fingerprint density at radius 2 is 1.14 bits per heavy atom. The summed E-state index contributed by atoms with van der Waals surface area (Å²) in [6.45, 7) is 1.73. The van der Waals surface area contributed by atoms with Gasteiger partial charge in [0, 0.05) is 0 Å². The molecule has 3 heteroatoms. The van der Waals surface area contributed by atoms with Gasteiger partial charge in [-0.1, -0.05) is 0 Å². The Bertz CT molecular complexity index is 159. The van der Waals surface area contributed by atoms with Gasteiger partial charge in [-0.15, -0.1) is 0 Å². The molecule has 0 unspecified atom stereocenters. The third kappa shape index (κ3) is 4.54. The van der Waals surface area contributed by atoms with Crippen molar-refractivity contribution in [3.05, 3.63) is 0 Å². The van der Waals surface area contributed by atoms with E-state index in [1.54, 1.807) is 6.80 Å². The first kappa shape index (κ1) is 12.2. The standard InChI is InChI=1S/C11H22B2N/c12-13-11(14)9-7-5-3-1-2-4-6-8-10-11/h1-10,14H2. The molecule has 1 fully saturated rings. The fourth-order valence-corrected chi connectivity index (χ4v) is 2.26. The van der Waals surface area contributed by atoms with Crippen LogP contribution in [-0.2, 0) is 0 Å². The summed E-state index contributed by atoms with van der Waals surface area (Å²) in [7, 11) is 5.64. The van der Waals surface area contributed by atoms with Crippen LogP contribution in [0.3, 0.4) is 0 Å². The van der Waals surface area contributed by atoms with Crippen molar-refractivity contribution in [2.24, 2.45) is 5.73 Å². The second-order valence-corrected chi connectivity index (χ2v) is 4.73. The second kappa shape index (κ2) is 6.55. The van der Waals surface area contributed by atoms with Gasteiger partial charge in [-0.05, 0) is 0 Å². The summed E-state index contributed by atoms with van der Waals surface area (Å²) in [6, 6.07) is 0. The van der Waals surface area contributed by atoms with Gasteiger partial charge in [-0.25, -0.2) is 0 Å². The van der Waals surface area contributed by atoms with Crippen molar-refractivity contribution in [3.8, 4) is 0 Å². The van der Waals surface area contributed by atoms with Gasteiger partial charge in [-0.2, -0.15) is 0 Å². The van der Waals surface area contributed by atoms with Crippen LogP contribution in [0, 0.1) is 0 Å². The molecule has 2 N–H and O–H groups in total. The van der Waals surface area contributed by atoms with Crippen LogP contribution in [0.5, 0.6) is 0 Å². The molecule has 1 saturated carbocycles. The van der Waals surface area contributed by atoms with Gasteiger partial charge in [0.1, 0.15) is 0 Å². The van der Waals surface area contributed by atoms with Gasteiger partial charge in [0.15, 0.2) is 0 Å². The molecule has 0 heterocycles. The average Bonchev–Trinajstić information content (AvgIpc) is 2.24. The summed E-state index contributed by atoms with van der Waals surface area (Å²) in [4.78, 5) is 0. The first-order valence-corrected chi connectivity index (χ1v) is 6.12. The van der Waals surface area contributed by atoms with Crippen LogP contribution in [0.25, 0.3) is 0 Å². The van der Waals surface area contributed by atoms with Crippen LogP contribution in [0.1, 0.15) is 64.2 Å². The van der Waals surface area contributed by atoms with Crippen LogP contribution >= 0.6 is 0 Å². The van der Waals surface area contributed by atoms with Crippen molar-refractivity contribution in [1.29, 1.82) is 0 Å². The van der Waals surface area contributed by atoms with Crippen LogP contribution in [0.15, 0.2) is 0 Å². The number of hydrogen-bond acceptors (Lipinski definition) is 1. The zero-order chi connectivity index (χ0) is 10.3. The summed E-state index contributed by atoms with van der Waals surface area (Å²) in [5.74, 6) is 0. The molecule has 0 spiro atoms. The number of rotatable bonds is 1. The average molecular weight is 190 g/mol. The Morgan fingerprint density at radius 3 is 1.50 bits per heavy atom. The normalized spacial score (nSPS) is 24.6. The first-order chi connectivity index (χ1) is 6.77. The molecule has 0 aromatic rings. The molecule has 0 aromatic carbocycles. The summed E-state index contributed by atoms with van der Waals surface area (Å²) in [5.41, 5.74) is 6.04. The summed E-state index contributed by atoms with van der Waals surface area (Å²) >= 11 is 0. The van der Waals surface area contributed by atoms with E-state index in [9.17, 15) is 0 Å². The van der Waals surface area contributed by atoms with Gasteiger partial charge in [-0.3, -0.25) is 0 Å². The minimum absolute atomic E-state index is 0.176. The molecular weight excluding hydrogens is 168 g/mol. The first-order valence-electron chi connectivity index (χ1n) is 6.12. The molecule has 0 saturated heterocycles. The Hall–Kier alpha value is 0.0899. The molecule has 0 bridgehead atoms. The Kier molecular flexibility index (Phi) is 5.69. The fraction of sp³-hybridized carbons (Fsp3) is 1.00. The van der Waals surface area contributed by atoms with Crippen molar-refractivity contribution in [2.45, 2.75) is 69.6 Å². The predicted molar refractivity (Wildman–Crippen MR) is 64.6 cm³/mol. The van der Waals surface area contributed by atoms with Crippen molar-refractivity contribution in [3.63, 3.8) is 0 Å². The van der Waals surface area contributed by atoms with E-state index in [0.29, 0.717) is 0 Å². The van der Waals surface area contributed by atoms with Gasteiger partial charge in [0.2, 0.25) is 0 Å². The van der Waals surface area contributed by atoms with E-state index in [-0.39, 0.29) is 5.44 Å². The van der Waals surface area contributed by atoms with Crippen LogP contribution in [0.2, 0.25) is 0 Å². The summed E-state index contributed by atoms with van der Waals surface area (Å²) in [5, 5.41) is 0. The SMILES string of the molecule is [B]=BC1(N)CCCCCCCCCC1. The molecule has 0 atom stereocenters. The zero-order valence-electron chi connectivity index (χ0n) is 9.30. The molecule has 0 aliphatic heterocycles. The maximum atomic E-state index is 6.22. The van der Waals surface area contributed by atoms with E-state index < -0.39 is 0 Å². The van der Waals surface area contributed by atoms with E-state index in [1.807, 2.05) is 0 Å². The predicted octanol–water partition coefficient (Wildman–Crippen LogP) is 2.34. The molecule has 0 aromatic heterocycles. The topological polar surface area (TPSA) is 26.0 Å². The maximum absolute atomic E-state index is 6.22. The molecule has 1 aliphatic rings. The van der Waals surface area contributed by atoms with Crippen molar-refractivity contribution in [1.82, 2.24) is 0 Å². The fourth-order valence-electron chi connectivity index (χ4n) is 2.26.